The number of phenolic OH excluding ortho intramolecular Hbond substituents is 2. The fraction of sp³-hybridized carbons (Fsp3) is 0.429. The molecule has 2 N–H and O–H groups in total. The van der Waals surface area contributed by atoms with E-state index in [1.54, 1.807) is 6.92 Å². The zero-order valence-corrected chi connectivity index (χ0v) is 10.9. The van der Waals surface area contributed by atoms with Crippen molar-refractivity contribution in [3.05, 3.63) is 23.3 Å². The number of rotatable bonds is 6. The molecule has 0 aliphatic heterocycles. The molecular weight excluding hydrogens is 242 g/mol. The van der Waals surface area contributed by atoms with Crippen LogP contribution in [0.15, 0.2) is 12.1 Å². The first-order chi connectivity index (χ1) is 9.08. The first kappa shape index (κ1) is 14.8. The van der Waals surface area contributed by atoms with Gasteiger partial charge in [-0.25, -0.2) is 0 Å². The van der Waals surface area contributed by atoms with E-state index in [1.807, 2.05) is 4.90 Å². The Morgan fingerprint density at radius 2 is 1.63 bits per heavy atom. The summed E-state index contributed by atoms with van der Waals surface area (Å²) in [6, 6.07) is 7.15. The Hall–Kier alpha value is -2.24. The van der Waals surface area contributed by atoms with Crippen molar-refractivity contribution in [2.75, 3.05) is 13.1 Å². The predicted molar refractivity (Wildman–Crippen MR) is 70.2 cm³/mol. The number of hydrogen-bond donors (Lipinski definition) is 2. The third-order valence-corrected chi connectivity index (χ3v) is 2.87. The fourth-order valence-corrected chi connectivity index (χ4v) is 1.78. The van der Waals surface area contributed by atoms with Crippen LogP contribution in [0.3, 0.4) is 0 Å². The minimum absolute atomic E-state index is 0.120. The molecule has 1 aromatic carbocycles. The molecule has 0 aliphatic rings. The van der Waals surface area contributed by atoms with Crippen LogP contribution in [-0.2, 0) is 6.54 Å². The van der Waals surface area contributed by atoms with Gasteiger partial charge in [-0.1, -0.05) is 0 Å². The van der Waals surface area contributed by atoms with Crippen molar-refractivity contribution >= 4 is 0 Å². The SMILES string of the molecule is Cc1cc(O)c(CN(CCC#N)CCC#N)cc1O. The topological polar surface area (TPSA) is 91.3 Å². The lowest BCUT2D eigenvalue weighted by atomic mass is 10.1. The number of aromatic hydroxyl groups is 2. The number of phenols is 2. The van der Waals surface area contributed by atoms with Crippen LogP contribution < -0.4 is 0 Å². The highest BCUT2D eigenvalue weighted by molar-refractivity contribution is 5.44. The number of hydrogen-bond acceptors (Lipinski definition) is 5. The van der Waals surface area contributed by atoms with Crippen molar-refractivity contribution in [3.8, 4) is 23.6 Å². The molecule has 0 unspecified atom stereocenters. The van der Waals surface area contributed by atoms with Gasteiger partial charge in [0.1, 0.15) is 11.5 Å². The summed E-state index contributed by atoms with van der Waals surface area (Å²) in [5.41, 5.74) is 1.21. The fourth-order valence-electron chi connectivity index (χ4n) is 1.78. The summed E-state index contributed by atoms with van der Waals surface area (Å²) in [7, 11) is 0. The zero-order valence-electron chi connectivity index (χ0n) is 10.9. The van der Waals surface area contributed by atoms with Crippen LogP contribution in [0, 0.1) is 29.6 Å². The monoisotopic (exact) mass is 259 g/mol. The number of nitrogens with zero attached hydrogens (tertiary/aromatic N) is 3. The molecular formula is C14H17N3O2. The Labute approximate surface area is 112 Å². The van der Waals surface area contributed by atoms with Gasteiger partial charge in [0.05, 0.1) is 12.1 Å². The van der Waals surface area contributed by atoms with Crippen LogP contribution in [-0.4, -0.2) is 28.2 Å². The van der Waals surface area contributed by atoms with Crippen LogP contribution >= 0.6 is 0 Å². The maximum atomic E-state index is 9.85. The Morgan fingerprint density at radius 3 is 2.16 bits per heavy atom. The summed E-state index contributed by atoms with van der Waals surface area (Å²) in [6.45, 7) is 3.18. The molecule has 1 aromatic rings. The third-order valence-electron chi connectivity index (χ3n) is 2.87. The van der Waals surface area contributed by atoms with E-state index < -0.39 is 0 Å². The molecule has 0 spiro atoms. The quantitative estimate of drug-likeness (QED) is 0.763. The molecule has 0 aliphatic carbocycles. The van der Waals surface area contributed by atoms with E-state index in [0.29, 0.717) is 43.6 Å². The number of nitriles is 2. The summed E-state index contributed by atoms with van der Waals surface area (Å²) in [5.74, 6) is 0.252. The lowest BCUT2D eigenvalue weighted by Crippen LogP contribution is -2.25. The van der Waals surface area contributed by atoms with Crippen molar-refractivity contribution < 1.29 is 10.2 Å². The van der Waals surface area contributed by atoms with Gasteiger partial charge in [-0.15, -0.1) is 0 Å². The summed E-state index contributed by atoms with van der Waals surface area (Å²) >= 11 is 0. The van der Waals surface area contributed by atoms with Crippen molar-refractivity contribution in [1.82, 2.24) is 4.90 Å². The van der Waals surface area contributed by atoms with Crippen LogP contribution in [0.25, 0.3) is 0 Å². The van der Waals surface area contributed by atoms with Gasteiger partial charge in [0.2, 0.25) is 0 Å². The average molecular weight is 259 g/mol. The van der Waals surface area contributed by atoms with Crippen molar-refractivity contribution in [3.63, 3.8) is 0 Å². The largest absolute Gasteiger partial charge is 0.508 e. The summed E-state index contributed by atoms with van der Waals surface area (Å²) in [4.78, 5) is 1.91. The zero-order chi connectivity index (χ0) is 14.3. The van der Waals surface area contributed by atoms with Crippen molar-refractivity contribution in [2.45, 2.75) is 26.3 Å². The van der Waals surface area contributed by atoms with Crippen LogP contribution in [0.2, 0.25) is 0 Å². The Kier molecular flexibility index (Phi) is 5.66. The molecule has 0 radical (unpaired) electrons. The molecule has 0 saturated carbocycles. The van der Waals surface area contributed by atoms with Crippen LogP contribution in [0.1, 0.15) is 24.0 Å². The molecule has 0 fully saturated rings. The second kappa shape index (κ2) is 7.25. The van der Waals surface area contributed by atoms with Gasteiger partial charge in [0, 0.05) is 38.0 Å². The van der Waals surface area contributed by atoms with Gasteiger partial charge >= 0.3 is 0 Å². The molecule has 5 nitrogen and oxygen atoms in total. The first-order valence-electron chi connectivity index (χ1n) is 6.06. The van der Waals surface area contributed by atoms with E-state index in [0.717, 1.165) is 0 Å². The minimum Gasteiger partial charge on any atom is -0.508 e. The van der Waals surface area contributed by atoms with Crippen molar-refractivity contribution in [1.29, 1.82) is 10.5 Å². The van der Waals surface area contributed by atoms with E-state index in [4.69, 9.17) is 10.5 Å². The van der Waals surface area contributed by atoms with Gasteiger partial charge in [-0.3, -0.25) is 4.90 Å². The number of benzene rings is 1. The maximum absolute atomic E-state index is 9.85. The molecule has 0 amide bonds. The average Bonchev–Trinajstić information content (AvgIpc) is 2.38. The molecule has 0 aromatic heterocycles. The molecule has 0 atom stereocenters. The van der Waals surface area contributed by atoms with Gasteiger partial charge in [-0.2, -0.15) is 10.5 Å². The molecule has 19 heavy (non-hydrogen) atoms. The van der Waals surface area contributed by atoms with Gasteiger partial charge in [0.15, 0.2) is 0 Å². The lowest BCUT2D eigenvalue weighted by Gasteiger charge is -2.20. The molecule has 0 saturated heterocycles. The predicted octanol–water partition coefficient (Wildman–Crippen LogP) is 2.04. The molecule has 100 valence electrons. The van der Waals surface area contributed by atoms with E-state index in [2.05, 4.69) is 12.1 Å². The summed E-state index contributed by atoms with van der Waals surface area (Å²) in [5, 5.41) is 36.7. The second-order valence-corrected chi connectivity index (χ2v) is 4.36. The Bertz CT molecular complexity index is 497. The van der Waals surface area contributed by atoms with E-state index >= 15 is 0 Å². The van der Waals surface area contributed by atoms with Crippen LogP contribution in [0.5, 0.6) is 11.5 Å². The number of aryl methyl sites for hydroxylation is 1. The third kappa shape index (κ3) is 4.50. The molecule has 1 rings (SSSR count). The van der Waals surface area contributed by atoms with E-state index in [9.17, 15) is 10.2 Å². The maximum Gasteiger partial charge on any atom is 0.120 e. The summed E-state index contributed by atoms with van der Waals surface area (Å²) < 4.78 is 0. The summed E-state index contributed by atoms with van der Waals surface area (Å²) in [6.07, 6.45) is 0.730. The first-order valence-corrected chi connectivity index (χ1v) is 6.06. The molecule has 0 heterocycles. The van der Waals surface area contributed by atoms with Crippen LogP contribution in [0.4, 0.5) is 0 Å². The van der Waals surface area contributed by atoms with Gasteiger partial charge in [0.25, 0.3) is 0 Å². The Balaban J connectivity index is 2.80. The van der Waals surface area contributed by atoms with Crippen molar-refractivity contribution in [2.24, 2.45) is 0 Å². The Morgan fingerprint density at radius 1 is 1.05 bits per heavy atom. The minimum atomic E-state index is 0.120. The second-order valence-electron chi connectivity index (χ2n) is 4.36. The smallest absolute Gasteiger partial charge is 0.120 e. The molecule has 5 heteroatoms. The van der Waals surface area contributed by atoms with E-state index in [-0.39, 0.29) is 11.5 Å². The highest BCUT2D eigenvalue weighted by Gasteiger charge is 2.11. The normalized spacial score (nSPS) is 10.1. The van der Waals surface area contributed by atoms with E-state index in [1.165, 1.54) is 12.1 Å². The standard InChI is InChI=1S/C14H17N3O2/c1-11-8-14(19)12(9-13(11)18)10-17(6-2-4-15)7-3-5-16/h8-9,18-19H,2-3,6-7,10H2,1H3. The van der Waals surface area contributed by atoms with Gasteiger partial charge < -0.3 is 10.2 Å². The highest BCUT2D eigenvalue weighted by Crippen LogP contribution is 2.27. The molecule has 0 bridgehead atoms. The lowest BCUT2D eigenvalue weighted by molar-refractivity contribution is 0.273. The van der Waals surface area contributed by atoms with Gasteiger partial charge in [-0.05, 0) is 24.6 Å². The highest BCUT2D eigenvalue weighted by atomic mass is 16.3.